The molecule has 29 heavy (non-hydrogen) atoms. The SMILES string of the molecule is COc1cc(Nc2ncc(C(N)=O)c(NC(C)C(C)C)n2)ccc1OS(C)(=O)=O. The number of nitrogens with zero attached hydrogens (tertiary/aromatic N) is 2. The molecular weight excluding hydrogens is 398 g/mol. The molecule has 0 fully saturated rings. The Morgan fingerprint density at radius 1 is 1.21 bits per heavy atom. The molecule has 0 aliphatic carbocycles. The molecule has 1 unspecified atom stereocenters. The lowest BCUT2D eigenvalue weighted by atomic mass is 10.1. The first kappa shape index (κ1) is 22.2. The lowest BCUT2D eigenvalue weighted by molar-refractivity contribution is 0.100. The second-order valence-electron chi connectivity index (χ2n) is 6.78. The van der Waals surface area contributed by atoms with Crippen molar-refractivity contribution in [2.75, 3.05) is 24.0 Å². The van der Waals surface area contributed by atoms with Crippen molar-refractivity contribution < 1.29 is 22.1 Å². The Balaban J connectivity index is 2.32. The highest BCUT2D eigenvalue weighted by Gasteiger charge is 2.17. The number of rotatable bonds is 9. The van der Waals surface area contributed by atoms with Gasteiger partial charge in [0.15, 0.2) is 11.5 Å². The fourth-order valence-corrected chi connectivity index (χ4v) is 2.68. The number of carbonyl (C=O) groups is 1. The van der Waals surface area contributed by atoms with E-state index in [-0.39, 0.29) is 29.1 Å². The zero-order valence-corrected chi connectivity index (χ0v) is 17.7. The third kappa shape index (κ3) is 6.21. The maximum absolute atomic E-state index is 11.7. The van der Waals surface area contributed by atoms with Crippen LogP contribution in [0.2, 0.25) is 0 Å². The van der Waals surface area contributed by atoms with E-state index in [2.05, 4.69) is 20.6 Å². The predicted molar refractivity (Wildman–Crippen MR) is 110 cm³/mol. The van der Waals surface area contributed by atoms with Gasteiger partial charge >= 0.3 is 10.1 Å². The normalized spacial score (nSPS) is 12.3. The first-order chi connectivity index (χ1) is 13.5. The highest BCUT2D eigenvalue weighted by atomic mass is 32.2. The number of nitrogens with one attached hydrogen (secondary N) is 2. The Labute approximate surface area is 170 Å². The van der Waals surface area contributed by atoms with Crippen molar-refractivity contribution in [3.8, 4) is 11.5 Å². The van der Waals surface area contributed by atoms with Crippen molar-refractivity contribution in [3.63, 3.8) is 0 Å². The van der Waals surface area contributed by atoms with E-state index in [4.69, 9.17) is 14.7 Å². The van der Waals surface area contributed by atoms with E-state index in [9.17, 15) is 13.2 Å². The van der Waals surface area contributed by atoms with Crippen LogP contribution in [0.4, 0.5) is 17.5 Å². The molecule has 0 radical (unpaired) electrons. The van der Waals surface area contributed by atoms with Crippen LogP contribution in [0, 0.1) is 5.92 Å². The van der Waals surface area contributed by atoms with Gasteiger partial charge in [0.1, 0.15) is 5.82 Å². The monoisotopic (exact) mass is 423 g/mol. The van der Waals surface area contributed by atoms with Gasteiger partial charge in [0.2, 0.25) is 5.95 Å². The lowest BCUT2D eigenvalue weighted by Gasteiger charge is -2.20. The molecule has 0 aliphatic rings. The number of ether oxygens (including phenoxy) is 1. The molecule has 0 saturated carbocycles. The number of aromatic nitrogens is 2. The molecule has 158 valence electrons. The van der Waals surface area contributed by atoms with Crippen molar-refractivity contribution in [1.82, 2.24) is 9.97 Å². The largest absolute Gasteiger partial charge is 0.493 e. The molecule has 1 aromatic carbocycles. The summed E-state index contributed by atoms with van der Waals surface area (Å²) in [5.74, 6) is 0.458. The molecule has 0 saturated heterocycles. The Bertz CT molecular complexity index is 994. The number of primary amides is 1. The minimum atomic E-state index is -3.70. The van der Waals surface area contributed by atoms with Gasteiger partial charge in [0.05, 0.1) is 18.9 Å². The van der Waals surface area contributed by atoms with Gasteiger partial charge < -0.3 is 25.3 Å². The number of benzene rings is 1. The minimum absolute atomic E-state index is 0.0448. The molecule has 4 N–H and O–H groups in total. The van der Waals surface area contributed by atoms with E-state index in [0.717, 1.165) is 6.26 Å². The van der Waals surface area contributed by atoms with Gasteiger partial charge in [0, 0.05) is 24.0 Å². The number of methoxy groups -OCH3 is 1. The van der Waals surface area contributed by atoms with E-state index >= 15 is 0 Å². The molecule has 0 spiro atoms. The van der Waals surface area contributed by atoms with Crippen LogP contribution in [0.1, 0.15) is 31.1 Å². The molecule has 1 amide bonds. The third-order valence-electron chi connectivity index (χ3n) is 4.08. The number of amides is 1. The number of anilines is 3. The first-order valence-corrected chi connectivity index (χ1v) is 10.6. The topological polar surface area (TPSA) is 146 Å². The average molecular weight is 423 g/mol. The third-order valence-corrected chi connectivity index (χ3v) is 4.56. The summed E-state index contributed by atoms with van der Waals surface area (Å²) in [7, 11) is -2.31. The summed E-state index contributed by atoms with van der Waals surface area (Å²) in [6.07, 6.45) is 2.28. The van der Waals surface area contributed by atoms with Crippen LogP contribution in [0.15, 0.2) is 24.4 Å². The zero-order valence-electron chi connectivity index (χ0n) is 16.9. The maximum Gasteiger partial charge on any atom is 0.306 e. The van der Waals surface area contributed by atoms with Crippen LogP contribution < -0.4 is 25.3 Å². The van der Waals surface area contributed by atoms with Crippen molar-refractivity contribution in [2.45, 2.75) is 26.8 Å². The number of carbonyl (C=O) groups excluding carboxylic acids is 1. The maximum atomic E-state index is 11.7. The lowest BCUT2D eigenvalue weighted by Crippen LogP contribution is -2.25. The van der Waals surface area contributed by atoms with Crippen molar-refractivity contribution >= 4 is 33.5 Å². The van der Waals surface area contributed by atoms with Crippen molar-refractivity contribution in [1.29, 1.82) is 0 Å². The van der Waals surface area contributed by atoms with E-state index in [1.807, 2.05) is 20.8 Å². The van der Waals surface area contributed by atoms with Gasteiger partial charge in [-0.05, 0) is 25.0 Å². The quantitative estimate of drug-likeness (QED) is 0.516. The van der Waals surface area contributed by atoms with Crippen LogP contribution in [0.5, 0.6) is 11.5 Å². The summed E-state index contributed by atoms with van der Waals surface area (Å²) in [6.45, 7) is 6.04. The van der Waals surface area contributed by atoms with Crippen LogP contribution in [0.3, 0.4) is 0 Å². The number of hydrogen-bond acceptors (Lipinski definition) is 9. The first-order valence-electron chi connectivity index (χ1n) is 8.78. The molecule has 1 heterocycles. The van der Waals surface area contributed by atoms with Crippen LogP contribution in [0.25, 0.3) is 0 Å². The van der Waals surface area contributed by atoms with Gasteiger partial charge in [-0.15, -0.1) is 0 Å². The summed E-state index contributed by atoms with van der Waals surface area (Å²) in [5.41, 5.74) is 6.12. The molecule has 10 nitrogen and oxygen atoms in total. The molecule has 1 aromatic heterocycles. The van der Waals surface area contributed by atoms with Gasteiger partial charge in [-0.3, -0.25) is 4.79 Å². The highest BCUT2D eigenvalue weighted by molar-refractivity contribution is 7.86. The van der Waals surface area contributed by atoms with Crippen LogP contribution in [-0.2, 0) is 10.1 Å². The molecule has 11 heteroatoms. The van der Waals surface area contributed by atoms with E-state index in [1.54, 1.807) is 6.07 Å². The number of hydrogen-bond donors (Lipinski definition) is 3. The molecule has 2 aromatic rings. The molecule has 0 bridgehead atoms. The second-order valence-corrected chi connectivity index (χ2v) is 8.35. The van der Waals surface area contributed by atoms with E-state index < -0.39 is 16.0 Å². The number of nitrogens with two attached hydrogens (primary N) is 1. The van der Waals surface area contributed by atoms with Gasteiger partial charge in [-0.25, -0.2) is 4.98 Å². The van der Waals surface area contributed by atoms with Crippen LogP contribution >= 0.6 is 0 Å². The standard InChI is InChI=1S/C18H25N5O5S/c1-10(2)11(3)21-17-13(16(19)24)9-20-18(23-17)22-12-6-7-14(15(8-12)27-4)28-29(5,25)26/h6-11H,1-5H3,(H2,19,24)(H2,20,21,22,23). The summed E-state index contributed by atoms with van der Waals surface area (Å²) < 4.78 is 32.8. The van der Waals surface area contributed by atoms with Crippen molar-refractivity contribution in [2.24, 2.45) is 11.7 Å². The Hall–Kier alpha value is -3.08. The van der Waals surface area contributed by atoms with Crippen LogP contribution in [-0.4, -0.2) is 43.7 Å². The molecule has 1 atom stereocenters. The van der Waals surface area contributed by atoms with Gasteiger partial charge in [-0.2, -0.15) is 13.4 Å². The summed E-state index contributed by atoms with van der Waals surface area (Å²) >= 11 is 0. The average Bonchev–Trinajstić information content (AvgIpc) is 2.61. The fourth-order valence-electron chi connectivity index (χ4n) is 2.22. The summed E-state index contributed by atoms with van der Waals surface area (Å²) in [6, 6.07) is 4.61. The smallest absolute Gasteiger partial charge is 0.306 e. The van der Waals surface area contributed by atoms with E-state index in [0.29, 0.717) is 17.4 Å². The molecule has 2 rings (SSSR count). The summed E-state index contributed by atoms with van der Waals surface area (Å²) in [5, 5.41) is 6.15. The Morgan fingerprint density at radius 3 is 2.45 bits per heavy atom. The van der Waals surface area contributed by atoms with Gasteiger partial charge in [0.25, 0.3) is 5.91 Å². The zero-order chi connectivity index (χ0) is 21.8. The van der Waals surface area contributed by atoms with Crippen molar-refractivity contribution in [3.05, 3.63) is 30.0 Å². The summed E-state index contributed by atoms with van der Waals surface area (Å²) in [4.78, 5) is 20.1. The second kappa shape index (κ2) is 8.95. The Morgan fingerprint density at radius 2 is 1.90 bits per heavy atom. The Kier molecular flexibility index (Phi) is 6.85. The fraction of sp³-hybridized carbons (Fsp3) is 0.389. The predicted octanol–water partition coefficient (Wildman–Crippen LogP) is 2.12. The highest BCUT2D eigenvalue weighted by Crippen LogP contribution is 2.32. The minimum Gasteiger partial charge on any atom is -0.493 e. The molecule has 0 aliphatic heterocycles. The van der Waals surface area contributed by atoms with E-state index in [1.165, 1.54) is 25.4 Å². The van der Waals surface area contributed by atoms with Gasteiger partial charge in [-0.1, -0.05) is 13.8 Å². The molecular formula is C18H25N5O5S.